The number of nitrogens with zero attached hydrogens (tertiary/aromatic N) is 3. The molecule has 0 saturated heterocycles. The minimum absolute atomic E-state index is 0.384. The second-order valence-corrected chi connectivity index (χ2v) is 12.9. The number of benzene rings is 2. The number of halogens is 5. The summed E-state index contributed by atoms with van der Waals surface area (Å²) in [7, 11) is -1.44. The molecule has 0 spiro atoms. The molecule has 192 valence electrons. The van der Waals surface area contributed by atoms with Crippen LogP contribution < -0.4 is 5.46 Å². The van der Waals surface area contributed by atoms with Crippen LogP contribution in [0.25, 0.3) is 22.3 Å². The molecule has 0 radical (unpaired) electrons. The normalized spacial score (nSPS) is 9.97. The molecule has 2 N–H and O–H groups in total. The van der Waals surface area contributed by atoms with Crippen LogP contribution in [-0.2, 0) is 0 Å². The average Bonchev–Trinajstić information content (AvgIpc) is 2.89. The zero-order valence-corrected chi connectivity index (χ0v) is 28.6. The van der Waals surface area contributed by atoms with E-state index in [0.717, 1.165) is 35.7 Å². The van der Waals surface area contributed by atoms with Gasteiger partial charge in [-0.3, -0.25) is 15.0 Å². The van der Waals surface area contributed by atoms with Gasteiger partial charge in [-0.05, 0) is 147 Å². The lowest BCUT2D eigenvalue weighted by Gasteiger charge is -2.06. The van der Waals surface area contributed by atoms with Crippen molar-refractivity contribution >= 4 is 106 Å². The van der Waals surface area contributed by atoms with Crippen LogP contribution in [0.15, 0.2) is 117 Å². The Morgan fingerprint density at radius 1 is 0.526 bits per heavy atom. The highest BCUT2D eigenvalue weighted by atomic mass is 127. The van der Waals surface area contributed by atoms with E-state index >= 15 is 0 Å². The van der Waals surface area contributed by atoms with Gasteiger partial charge in [0, 0.05) is 74.3 Å². The Morgan fingerprint density at radius 3 is 1.34 bits per heavy atom. The van der Waals surface area contributed by atoms with Gasteiger partial charge in [0.05, 0.1) is 0 Å². The Morgan fingerprint density at radius 2 is 0.974 bits per heavy atom. The van der Waals surface area contributed by atoms with Gasteiger partial charge in [0.2, 0.25) is 0 Å². The summed E-state index contributed by atoms with van der Waals surface area (Å²) in [5.41, 5.74) is 4.83. The highest BCUT2D eigenvalue weighted by Gasteiger charge is 2.10. The van der Waals surface area contributed by atoms with Gasteiger partial charge in [-0.25, -0.2) is 0 Å². The molecule has 0 saturated carbocycles. The third kappa shape index (κ3) is 10.7. The molecule has 0 amide bonds. The fraction of sp³-hybridized carbons (Fsp3) is 0. The summed E-state index contributed by atoms with van der Waals surface area (Å²) in [6.07, 6.45) is 10.3. The first kappa shape index (κ1) is 31.3. The van der Waals surface area contributed by atoms with E-state index in [1.165, 1.54) is 13.3 Å². The van der Waals surface area contributed by atoms with Crippen molar-refractivity contribution in [1.82, 2.24) is 15.0 Å². The van der Waals surface area contributed by atoms with Crippen molar-refractivity contribution in [1.29, 1.82) is 0 Å². The van der Waals surface area contributed by atoms with Crippen molar-refractivity contribution in [3.63, 3.8) is 0 Å². The maximum absolute atomic E-state index is 8.64. The monoisotopic (exact) mass is 919 g/mol. The molecule has 0 fully saturated rings. The van der Waals surface area contributed by atoms with Crippen molar-refractivity contribution in [2.45, 2.75) is 0 Å². The lowest BCUT2D eigenvalue weighted by Crippen LogP contribution is -2.29. The van der Waals surface area contributed by atoms with Gasteiger partial charge in [0.25, 0.3) is 0 Å². The van der Waals surface area contributed by atoms with E-state index in [1.54, 1.807) is 24.7 Å². The van der Waals surface area contributed by atoms with Crippen molar-refractivity contribution in [3.05, 3.63) is 124 Å². The number of hydrogen-bond acceptors (Lipinski definition) is 5. The summed E-state index contributed by atoms with van der Waals surface area (Å²) in [6, 6.07) is 22.4. The Hall–Kier alpha value is -1.23. The van der Waals surface area contributed by atoms with Crippen molar-refractivity contribution in [2.24, 2.45) is 0 Å². The molecule has 0 aliphatic carbocycles. The van der Waals surface area contributed by atoms with Crippen LogP contribution in [0.4, 0.5) is 0 Å². The van der Waals surface area contributed by atoms with Gasteiger partial charge >= 0.3 is 7.12 Å². The third-order valence-electron chi connectivity index (χ3n) is 4.75. The lowest BCUT2D eigenvalue weighted by molar-refractivity contribution is 0.425. The van der Waals surface area contributed by atoms with Crippen molar-refractivity contribution in [3.8, 4) is 22.3 Å². The van der Waals surface area contributed by atoms with Gasteiger partial charge in [-0.2, -0.15) is 0 Å². The first-order valence-electron chi connectivity index (χ1n) is 10.9. The number of hydrogen-bond donors (Lipinski definition) is 2. The fourth-order valence-corrected chi connectivity index (χ4v) is 5.84. The quantitative estimate of drug-likeness (QED) is 0.143. The van der Waals surface area contributed by atoms with Crippen molar-refractivity contribution < 1.29 is 10.0 Å². The number of rotatable bonds is 3. The van der Waals surface area contributed by atoms with Crippen LogP contribution in [0.3, 0.4) is 0 Å². The van der Waals surface area contributed by atoms with Crippen LogP contribution in [0.5, 0.6) is 0 Å². The molecule has 2 aromatic carbocycles. The average molecular weight is 922 g/mol. The summed E-state index contributed by atoms with van der Waals surface area (Å²) >= 11 is 14.7. The smallest absolute Gasteiger partial charge is 0.423 e. The summed E-state index contributed by atoms with van der Waals surface area (Å²) in [5.74, 6) is 0. The zero-order valence-electron chi connectivity index (χ0n) is 19.5. The number of pyridine rings is 3. The molecular formula is C27H19BBr3I2N3O2. The summed E-state index contributed by atoms with van der Waals surface area (Å²) < 4.78 is 5.29. The summed E-state index contributed by atoms with van der Waals surface area (Å²) in [5, 5.41) is 17.3. The number of aromatic nitrogens is 3. The van der Waals surface area contributed by atoms with E-state index in [0.29, 0.717) is 5.46 Å². The topological polar surface area (TPSA) is 79.1 Å². The summed E-state index contributed by atoms with van der Waals surface area (Å²) in [4.78, 5) is 12.2. The van der Waals surface area contributed by atoms with E-state index in [-0.39, 0.29) is 0 Å². The fourth-order valence-electron chi connectivity index (χ4n) is 3.05. The van der Waals surface area contributed by atoms with Crippen molar-refractivity contribution in [2.75, 3.05) is 0 Å². The van der Waals surface area contributed by atoms with E-state index in [9.17, 15) is 0 Å². The molecule has 0 atom stereocenters. The minimum atomic E-state index is -1.44. The molecule has 5 aromatic rings. The van der Waals surface area contributed by atoms with E-state index in [2.05, 4.69) is 163 Å². The Kier molecular flexibility index (Phi) is 13.3. The van der Waals surface area contributed by atoms with Gasteiger partial charge in [0.15, 0.2) is 0 Å². The standard InChI is InChI=1S/C16H10Br2N2.C6H4I2.C5H5BBrNO2/c17-15-5-13(7-19-9-15)11-2-1-3-12(4-11)14-6-16(18)10-20-8-14;7-5-2-1-3-6(8)4-5;7-5-1-4(6(9)10)2-8-3-5/h1-10H;1-4H;1-3,9-10H. The maximum Gasteiger partial charge on any atom is 0.490 e. The molecule has 0 unspecified atom stereocenters. The predicted molar refractivity (Wildman–Crippen MR) is 182 cm³/mol. The first-order valence-corrected chi connectivity index (χ1v) is 15.4. The molecule has 3 heterocycles. The van der Waals surface area contributed by atoms with E-state index in [4.69, 9.17) is 10.0 Å². The van der Waals surface area contributed by atoms with Crippen LogP contribution in [0.1, 0.15) is 0 Å². The molecule has 0 bridgehead atoms. The molecule has 0 aliphatic rings. The van der Waals surface area contributed by atoms with Crippen LogP contribution in [-0.4, -0.2) is 32.1 Å². The third-order valence-corrected chi connectivity index (χ3v) is 7.39. The molecule has 3 aromatic heterocycles. The molecule has 38 heavy (non-hydrogen) atoms. The molecule has 0 aliphatic heterocycles. The van der Waals surface area contributed by atoms with Gasteiger partial charge in [-0.15, -0.1) is 0 Å². The second-order valence-electron chi connectivity index (χ2n) is 7.61. The highest BCUT2D eigenvalue weighted by Crippen LogP contribution is 2.28. The largest absolute Gasteiger partial charge is 0.490 e. The zero-order chi connectivity index (χ0) is 27.5. The Bertz CT molecular complexity index is 1420. The van der Waals surface area contributed by atoms with E-state index < -0.39 is 7.12 Å². The maximum atomic E-state index is 8.64. The van der Waals surface area contributed by atoms with Gasteiger partial charge in [0.1, 0.15) is 0 Å². The second kappa shape index (κ2) is 16.1. The molecular weight excluding hydrogens is 903 g/mol. The first-order chi connectivity index (χ1) is 18.2. The van der Waals surface area contributed by atoms with Crippen LogP contribution in [0.2, 0.25) is 0 Å². The molecule has 5 rings (SSSR count). The van der Waals surface area contributed by atoms with Gasteiger partial charge in [-0.1, -0.05) is 24.3 Å². The van der Waals surface area contributed by atoms with Gasteiger partial charge < -0.3 is 10.0 Å². The lowest BCUT2D eigenvalue weighted by atomic mass is 9.82. The molecule has 5 nitrogen and oxygen atoms in total. The van der Waals surface area contributed by atoms with Crippen LogP contribution >= 0.6 is 93.0 Å². The summed E-state index contributed by atoms with van der Waals surface area (Å²) in [6.45, 7) is 0. The Balaban J connectivity index is 0.000000185. The SMILES string of the molecule is Brc1cncc(-c2cccc(-c3cncc(Br)c3)c2)c1.Ic1cccc(I)c1.OB(O)c1cncc(Br)c1. The van der Waals surface area contributed by atoms with E-state index in [1.807, 2.05) is 18.5 Å². The highest BCUT2D eigenvalue weighted by molar-refractivity contribution is 14.1. The minimum Gasteiger partial charge on any atom is -0.423 e. The predicted octanol–water partition coefficient (Wildman–Crippen LogP) is 7.76. The molecule has 11 heteroatoms. The Labute approximate surface area is 274 Å². The van der Waals surface area contributed by atoms with Crippen LogP contribution in [0, 0.1) is 7.14 Å².